The molecule has 0 aliphatic rings. The Hall–Kier alpha value is -1.20. The van der Waals surface area contributed by atoms with E-state index in [-0.39, 0.29) is 11.0 Å². The number of nitrogens with zero attached hydrogens (tertiary/aromatic N) is 2. The van der Waals surface area contributed by atoms with Crippen LogP contribution in [0, 0.1) is 5.82 Å². The molecule has 0 amide bonds. The smallest absolute Gasteiger partial charge is 0.239 e. The Morgan fingerprint density at radius 2 is 2.12 bits per heavy atom. The van der Waals surface area contributed by atoms with Crippen molar-refractivity contribution >= 4 is 27.5 Å². The molecule has 82 valence electrons. The molecule has 0 bridgehead atoms. The van der Waals surface area contributed by atoms with Gasteiger partial charge in [0.25, 0.3) is 0 Å². The predicted octanol–water partition coefficient (Wildman–Crippen LogP) is 3.82. The minimum absolute atomic E-state index is 0.207. The fraction of sp³-hybridized carbons (Fsp3) is 0. The number of hydrogen-bond donors (Lipinski definition) is 0. The van der Waals surface area contributed by atoms with Crippen molar-refractivity contribution in [3.8, 4) is 11.6 Å². The molecule has 0 N–H and O–H groups in total. The van der Waals surface area contributed by atoms with Gasteiger partial charge in [-0.1, -0.05) is 11.6 Å². The van der Waals surface area contributed by atoms with E-state index in [4.69, 9.17) is 16.3 Å². The van der Waals surface area contributed by atoms with Crippen LogP contribution in [-0.4, -0.2) is 9.97 Å². The molecule has 0 aliphatic carbocycles. The molecular weight excluding hydrogens is 298 g/mol. The van der Waals surface area contributed by atoms with Gasteiger partial charge in [-0.2, -0.15) is 4.98 Å². The molecule has 1 aromatic carbocycles. The summed E-state index contributed by atoms with van der Waals surface area (Å²) in [5.41, 5.74) is 0. The van der Waals surface area contributed by atoms with E-state index in [2.05, 4.69) is 25.9 Å². The first-order chi connectivity index (χ1) is 7.65. The molecule has 0 saturated heterocycles. The topological polar surface area (TPSA) is 35.0 Å². The summed E-state index contributed by atoms with van der Waals surface area (Å²) in [4.78, 5) is 7.68. The maximum atomic E-state index is 13.0. The number of halogens is 3. The van der Waals surface area contributed by atoms with E-state index < -0.39 is 5.82 Å². The van der Waals surface area contributed by atoms with Crippen LogP contribution in [-0.2, 0) is 0 Å². The lowest BCUT2D eigenvalue weighted by molar-refractivity contribution is 0.452. The number of aromatic nitrogens is 2. The van der Waals surface area contributed by atoms with Gasteiger partial charge in [0.05, 0.1) is 16.9 Å². The van der Waals surface area contributed by atoms with Crippen molar-refractivity contribution in [3.05, 3.63) is 46.0 Å². The van der Waals surface area contributed by atoms with Crippen molar-refractivity contribution in [1.82, 2.24) is 9.97 Å². The number of ether oxygens (including phenoxy) is 1. The van der Waals surface area contributed by atoms with Crippen molar-refractivity contribution < 1.29 is 9.13 Å². The highest BCUT2D eigenvalue weighted by molar-refractivity contribution is 9.10. The van der Waals surface area contributed by atoms with Crippen LogP contribution in [0.4, 0.5) is 4.39 Å². The zero-order valence-corrected chi connectivity index (χ0v) is 10.2. The molecule has 1 heterocycles. The molecule has 16 heavy (non-hydrogen) atoms. The van der Waals surface area contributed by atoms with E-state index in [0.29, 0.717) is 10.2 Å². The van der Waals surface area contributed by atoms with Gasteiger partial charge in [0, 0.05) is 6.07 Å². The summed E-state index contributed by atoms with van der Waals surface area (Å²) in [6.45, 7) is 0. The van der Waals surface area contributed by atoms with E-state index in [9.17, 15) is 4.39 Å². The van der Waals surface area contributed by atoms with E-state index >= 15 is 0 Å². The highest BCUT2D eigenvalue weighted by Crippen LogP contribution is 2.29. The Morgan fingerprint density at radius 1 is 1.31 bits per heavy atom. The number of benzene rings is 1. The van der Waals surface area contributed by atoms with Gasteiger partial charge in [-0.3, -0.25) is 4.98 Å². The molecular formula is C10H5BrClFN2O. The van der Waals surface area contributed by atoms with Gasteiger partial charge in [-0.15, -0.1) is 0 Å². The van der Waals surface area contributed by atoms with Crippen molar-refractivity contribution in [2.24, 2.45) is 0 Å². The van der Waals surface area contributed by atoms with Gasteiger partial charge in [0.15, 0.2) is 5.15 Å². The molecule has 0 atom stereocenters. The maximum Gasteiger partial charge on any atom is 0.239 e. The lowest BCUT2D eigenvalue weighted by Crippen LogP contribution is -1.91. The summed E-state index contributed by atoms with van der Waals surface area (Å²) in [5, 5.41) is 0.213. The molecule has 2 rings (SSSR count). The fourth-order valence-corrected chi connectivity index (χ4v) is 1.51. The zero-order valence-electron chi connectivity index (χ0n) is 7.82. The SMILES string of the molecule is Fc1ccc(Br)c(Oc2cncc(Cl)n2)c1. The minimum Gasteiger partial charge on any atom is -0.436 e. The summed E-state index contributed by atoms with van der Waals surface area (Å²) in [6, 6.07) is 4.11. The summed E-state index contributed by atoms with van der Waals surface area (Å²) in [5.74, 6) is 0.128. The van der Waals surface area contributed by atoms with Gasteiger partial charge in [0.2, 0.25) is 5.88 Å². The van der Waals surface area contributed by atoms with Crippen molar-refractivity contribution in [2.75, 3.05) is 0 Å². The van der Waals surface area contributed by atoms with Gasteiger partial charge in [-0.25, -0.2) is 4.39 Å². The molecule has 0 saturated carbocycles. The second kappa shape index (κ2) is 4.76. The summed E-state index contributed by atoms with van der Waals surface area (Å²) < 4.78 is 18.9. The Kier molecular flexibility index (Phi) is 3.36. The molecule has 0 aliphatic heterocycles. The second-order valence-electron chi connectivity index (χ2n) is 2.86. The standard InChI is InChI=1S/C10H5BrClFN2O/c11-7-2-1-6(13)3-8(7)16-10-5-14-4-9(12)15-10/h1-5H. The lowest BCUT2D eigenvalue weighted by atomic mass is 10.3. The Labute approximate surface area is 104 Å². The van der Waals surface area contributed by atoms with Crippen LogP contribution >= 0.6 is 27.5 Å². The zero-order chi connectivity index (χ0) is 11.5. The third kappa shape index (κ3) is 2.68. The van der Waals surface area contributed by atoms with E-state index in [1.807, 2.05) is 0 Å². The molecule has 3 nitrogen and oxygen atoms in total. The average Bonchev–Trinajstić information content (AvgIpc) is 2.24. The van der Waals surface area contributed by atoms with Crippen LogP contribution in [0.25, 0.3) is 0 Å². The highest BCUT2D eigenvalue weighted by atomic mass is 79.9. The van der Waals surface area contributed by atoms with Crippen LogP contribution in [0.15, 0.2) is 35.1 Å². The van der Waals surface area contributed by atoms with Crippen molar-refractivity contribution in [3.63, 3.8) is 0 Å². The first kappa shape index (κ1) is 11.3. The quantitative estimate of drug-likeness (QED) is 0.846. The highest BCUT2D eigenvalue weighted by Gasteiger charge is 2.06. The van der Waals surface area contributed by atoms with E-state index in [1.165, 1.54) is 24.5 Å². The number of rotatable bonds is 2. The molecule has 1 aromatic heterocycles. The summed E-state index contributed by atoms with van der Waals surface area (Å²) >= 11 is 8.88. The average molecular weight is 304 g/mol. The van der Waals surface area contributed by atoms with Crippen LogP contribution in [0.1, 0.15) is 0 Å². The van der Waals surface area contributed by atoms with Gasteiger partial charge >= 0.3 is 0 Å². The maximum absolute atomic E-state index is 13.0. The van der Waals surface area contributed by atoms with Crippen LogP contribution in [0.5, 0.6) is 11.6 Å². The lowest BCUT2D eigenvalue weighted by Gasteiger charge is -2.06. The van der Waals surface area contributed by atoms with Gasteiger partial charge in [0.1, 0.15) is 11.6 Å². The molecule has 0 unspecified atom stereocenters. The summed E-state index contributed by atoms with van der Waals surface area (Å²) in [6.07, 6.45) is 2.78. The first-order valence-corrected chi connectivity index (χ1v) is 5.43. The number of hydrogen-bond acceptors (Lipinski definition) is 3. The Bertz CT molecular complexity index is 524. The normalized spacial score (nSPS) is 10.2. The molecule has 0 fully saturated rings. The third-order valence-electron chi connectivity index (χ3n) is 1.69. The van der Waals surface area contributed by atoms with E-state index in [0.717, 1.165) is 0 Å². The molecule has 2 aromatic rings. The molecule has 0 spiro atoms. The monoisotopic (exact) mass is 302 g/mol. The minimum atomic E-state index is -0.395. The first-order valence-electron chi connectivity index (χ1n) is 4.25. The Morgan fingerprint density at radius 3 is 2.88 bits per heavy atom. The molecule has 0 radical (unpaired) electrons. The van der Waals surface area contributed by atoms with Crippen molar-refractivity contribution in [1.29, 1.82) is 0 Å². The second-order valence-corrected chi connectivity index (χ2v) is 4.10. The van der Waals surface area contributed by atoms with Crippen LogP contribution in [0.2, 0.25) is 5.15 Å². The largest absolute Gasteiger partial charge is 0.436 e. The van der Waals surface area contributed by atoms with Crippen molar-refractivity contribution in [2.45, 2.75) is 0 Å². The van der Waals surface area contributed by atoms with Gasteiger partial charge in [-0.05, 0) is 28.1 Å². The van der Waals surface area contributed by atoms with Crippen LogP contribution in [0.3, 0.4) is 0 Å². The van der Waals surface area contributed by atoms with Gasteiger partial charge < -0.3 is 4.74 Å². The van der Waals surface area contributed by atoms with E-state index in [1.54, 1.807) is 6.07 Å². The van der Waals surface area contributed by atoms with Crippen LogP contribution < -0.4 is 4.74 Å². The predicted molar refractivity (Wildman–Crippen MR) is 61.2 cm³/mol. The molecule has 6 heteroatoms. The fourth-order valence-electron chi connectivity index (χ4n) is 1.04. The Balaban J connectivity index is 2.30. The third-order valence-corrected chi connectivity index (χ3v) is 2.53. The summed E-state index contributed by atoms with van der Waals surface area (Å²) in [7, 11) is 0.